The van der Waals surface area contributed by atoms with Gasteiger partial charge in [-0.25, -0.2) is 15.0 Å². The number of carboxylic acids is 1. The van der Waals surface area contributed by atoms with Crippen LogP contribution >= 0.6 is 0 Å². The van der Waals surface area contributed by atoms with E-state index in [2.05, 4.69) is 20.3 Å². The second kappa shape index (κ2) is 9.59. The smallest absolute Gasteiger partial charge is 0.320 e. The molecule has 6 atom stereocenters. The lowest BCUT2D eigenvalue weighted by atomic mass is 9.98. The molecule has 0 amide bonds. The van der Waals surface area contributed by atoms with Crippen molar-refractivity contribution in [2.45, 2.75) is 55.9 Å². The number of nitrogens with zero attached hydrogens (tertiary/aromatic N) is 4. The van der Waals surface area contributed by atoms with E-state index in [1.54, 1.807) is 0 Å². The fourth-order valence-corrected chi connectivity index (χ4v) is 3.59. The number of carbonyl (C=O) groups is 1. The Kier molecular flexibility index (Phi) is 7.12. The summed E-state index contributed by atoms with van der Waals surface area (Å²) < 4.78 is 7.45. The van der Waals surface area contributed by atoms with Crippen LogP contribution in [0.3, 0.4) is 0 Å². The lowest BCUT2D eigenvalue weighted by Gasteiger charge is -2.24. The third kappa shape index (κ3) is 4.66. The van der Waals surface area contributed by atoms with Crippen LogP contribution in [0.4, 0.5) is 5.82 Å². The number of aromatic nitrogens is 4. The number of rotatable bonds is 10. The number of hydrogen-bond acceptors (Lipinski definition) is 11. The van der Waals surface area contributed by atoms with E-state index in [1.165, 1.54) is 17.2 Å². The number of fused-ring (bicyclic) bond motifs is 1. The number of nitrogens with two attached hydrogens (primary N) is 3. The van der Waals surface area contributed by atoms with Crippen LogP contribution in [0.15, 0.2) is 12.7 Å². The topological polar surface area (TPSA) is 221 Å². The maximum absolute atomic E-state index is 11.0. The number of imidazole rings is 1. The van der Waals surface area contributed by atoms with Gasteiger partial charge < -0.3 is 42.6 Å². The second-order valence-electron chi connectivity index (χ2n) is 7.33. The molecule has 1 fully saturated rings. The third-order valence-corrected chi connectivity index (χ3v) is 5.24. The zero-order chi connectivity index (χ0) is 21.8. The lowest BCUT2D eigenvalue weighted by molar-refractivity contribution is -0.138. The van der Waals surface area contributed by atoms with Crippen molar-refractivity contribution in [3.8, 4) is 0 Å². The van der Waals surface area contributed by atoms with Gasteiger partial charge in [-0.1, -0.05) is 0 Å². The predicted octanol–water partition coefficient (Wildman–Crippen LogP) is -2.47. The molecule has 1 saturated heterocycles. The number of aliphatic carboxylic acids is 1. The second-order valence-corrected chi connectivity index (χ2v) is 7.33. The van der Waals surface area contributed by atoms with Gasteiger partial charge in [-0.05, 0) is 19.3 Å². The van der Waals surface area contributed by atoms with Crippen LogP contribution in [-0.4, -0.2) is 84.3 Å². The highest BCUT2D eigenvalue weighted by molar-refractivity contribution is 5.81. The molecule has 3 rings (SSSR count). The highest BCUT2D eigenvalue weighted by Gasteiger charge is 2.45. The van der Waals surface area contributed by atoms with Crippen molar-refractivity contribution >= 4 is 23.0 Å². The van der Waals surface area contributed by atoms with E-state index in [1.807, 2.05) is 0 Å². The van der Waals surface area contributed by atoms with Crippen molar-refractivity contribution in [2.24, 2.45) is 11.5 Å². The first-order valence-electron chi connectivity index (χ1n) is 9.70. The number of carboxylic acid groups (broad SMARTS) is 1. The van der Waals surface area contributed by atoms with Crippen LogP contribution in [0.1, 0.15) is 25.5 Å². The van der Waals surface area contributed by atoms with Crippen molar-refractivity contribution in [1.29, 1.82) is 0 Å². The van der Waals surface area contributed by atoms with E-state index < -0.39 is 36.6 Å². The number of anilines is 1. The number of hydrogen-bond donors (Lipinski definition) is 7. The molecule has 1 aliphatic heterocycles. The standard InChI is InChI=1S/C17H28N8O5/c18-3-4-21-8(1-2-9(19)17(28)29)5-10-12(26)13(27)16(30-10)25-7-24-11-14(20)22-6-23-15(11)25/h6-10,12-13,16,21,26-27H,1-5,18-19H2,(H,28,29)(H2,20,22,23). The van der Waals surface area contributed by atoms with Crippen LogP contribution in [0.5, 0.6) is 0 Å². The molecule has 2 aromatic heterocycles. The SMILES string of the molecule is NCCNC(CCC(N)C(=O)O)CC1OC(n2cnc3c(N)ncnc32)C(O)C1O. The molecule has 1 aliphatic rings. The summed E-state index contributed by atoms with van der Waals surface area (Å²) in [6.45, 7) is 0.896. The Labute approximate surface area is 172 Å². The molecule has 2 aromatic rings. The summed E-state index contributed by atoms with van der Waals surface area (Å²) in [6, 6.07) is -1.19. The average molecular weight is 424 g/mol. The molecule has 0 radical (unpaired) electrons. The van der Waals surface area contributed by atoms with Gasteiger partial charge in [0.05, 0.1) is 12.4 Å². The van der Waals surface area contributed by atoms with Gasteiger partial charge >= 0.3 is 5.97 Å². The van der Waals surface area contributed by atoms with Crippen LogP contribution in [0.25, 0.3) is 11.2 Å². The van der Waals surface area contributed by atoms with E-state index >= 15 is 0 Å². The number of nitrogens with one attached hydrogen (secondary N) is 1. The predicted molar refractivity (Wildman–Crippen MR) is 106 cm³/mol. The summed E-state index contributed by atoms with van der Waals surface area (Å²) in [7, 11) is 0. The van der Waals surface area contributed by atoms with Gasteiger partial charge in [0.2, 0.25) is 0 Å². The summed E-state index contributed by atoms with van der Waals surface area (Å²) in [6.07, 6.45) is -0.295. The van der Waals surface area contributed by atoms with Gasteiger partial charge in [0.25, 0.3) is 0 Å². The minimum atomic E-state index is -1.22. The largest absolute Gasteiger partial charge is 0.480 e. The summed E-state index contributed by atoms with van der Waals surface area (Å²) in [5.41, 5.74) is 17.7. The first kappa shape index (κ1) is 22.3. The van der Waals surface area contributed by atoms with Gasteiger partial charge in [-0.15, -0.1) is 0 Å². The fourth-order valence-electron chi connectivity index (χ4n) is 3.59. The summed E-state index contributed by atoms with van der Waals surface area (Å²) in [4.78, 5) is 23.2. The highest BCUT2D eigenvalue weighted by Crippen LogP contribution is 2.34. The van der Waals surface area contributed by atoms with Crippen molar-refractivity contribution in [3.63, 3.8) is 0 Å². The van der Waals surface area contributed by atoms with Crippen LogP contribution in [0.2, 0.25) is 0 Å². The molecule has 0 aromatic carbocycles. The quantitative estimate of drug-likeness (QED) is 0.211. The van der Waals surface area contributed by atoms with Crippen molar-refractivity contribution in [1.82, 2.24) is 24.8 Å². The number of nitrogen functional groups attached to an aromatic ring is 1. The molecule has 6 unspecified atom stereocenters. The Bertz CT molecular complexity index is 864. The molecule has 0 bridgehead atoms. The summed E-state index contributed by atoms with van der Waals surface area (Å²) in [5, 5.41) is 33.3. The van der Waals surface area contributed by atoms with Gasteiger partial charge in [0, 0.05) is 19.1 Å². The Morgan fingerprint density at radius 3 is 2.73 bits per heavy atom. The van der Waals surface area contributed by atoms with E-state index in [-0.39, 0.29) is 18.3 Å². The molecule has 0 aliphatic carbocycles. The van der Waals surface area contributed by atoms with E-state index in [9.17, 15) is 15.0 Å². The molecule has 0 spiro atoms. The zero-order valence-corrected chi connectivity index (χ0v) is 16.3. The third-order valence-electron chi connectivity index (χ3n) is 5.24. The Morgan fingerprint density at radius 1 is 1.27 bits per heavy atom. The van der Waals surface area contributed by atoms with Crippen LogP contribution < -0.4 is 22.5 Å². The van der Waals surface area contributed by atoms with Gasteiger partial charge in [0.1, 0.15) is 30.1 Å². The molecule has 10 N–H and O–H groups in total. The molecule has 3 heterocycles. The van der Waals surface area contributed by atoms with Gasteiger partial charge in [-0.3, -0.25) is 9.36 Å². The molecule has 166 valence electrons. The number of aliphatic hydroxyl groups excluding tert-OH is 2. The van der Waals surface area contributed by atoms with Crippen molar-refractivity contribution in [3.05, 3.63) is 12.7 Å². The Hall–Kier alpha value is -2.42. The minimum absolute atomic E-state index is 0.198. The Morgan fingerprint density at radius 2 is 2.03 bits per heavy atom. The van der Waals surface area contributed by atoms with E-state index in [0.717, 1.165) is 0 Å². The molecule has 13 nitrogen and oxygen atoms in total. The number of aliphatic hydroxyl groups is 2. The maximum atomic E-state index is 11.0. The first-order valence-corrected chi connectivity index (χ1v) is 9.70. The Balaban J connectivity index is 1.72. The molecule has 13 heteroatoms. The normalized spacial score (nSPS) is 26.1. The van der Waals surface area contributed by atoms with Crippen LogP contribution in [-0.2, 0) is 9.53 Å². The molecular weight excluding hydrogens is 396 g/mol. The summed E-state index contributed by atoms with van der Waals surface area (Å²) >= 11 is 0. The van der Waals surface area contributed by atoms with Crippen molar-refractivity contribution in [2.75, 3.05) is 18.8 Å². The summed E-state index contributed by atoms with van der Waals surface area (Å²) in [5.74, 6) is -0.877. The van der Waals surface area contributed by atoms with Crippen LogP contribution in [0, 0.1) is 0 Å². The molecular formula is C17H28N8O5. The van der Waals surface area contributed by atoms with E-state index in [4.69, 9.17) is 27.0 Å². The first-order chi connectivity index (χ1) is 14.3. The fraction of sp³-hybridized carbons (Fsp3) is 0.647. The number of ether oxygens (including phenoxy) is 1. The van der Waals surface area contributed by atoms with Gasteiger partial charge in [-0.2, -0.15) is 0 Å². The molecule has 0 saturated carbocycles. The monoisotopic (exact) mass is 424 g/mol. The van der Waals surface area contributed by atoms with E-state index in [0.29, 0.717) is 37.1 Å². The average Bonchev–Trinajstić information content (AvgIpc) is 3.26. The lowest BCUT2D eigenvalue weighted by Crippen LogP contribution is -2.41. The van der Waals surface area contributed by atoms with Gasteiger partial charge in [0.15, 0.2) is 17.7 Å². The van der Waals surface area contributed by atoms with Crippen molar-refractivity contribution < 1.29 is 24.9 Å². The highest BCUT2D eigenvalue weighted by atomic mass is 16.6. The molecule has 30 heavy (non-hydrogen) atoms. The maximum Gasteiger partial charge on any atom is 0.320 e. The minimum Gasteiger partial charge on any atom is -0.480 e. The zero-order valence-electron chi connectivity index (χ0n) is 16.3.